The van der Waals surface area contributed by atoms with E-state index in [4.69, 9.17) is 9.84 Å². The number of carbonyl (C=O) groups is 1. The van der Waals surface area contributed by atoms with Gasteiger partial charge in [-0.2, -0.15) is 5.10 Å². The molecule has 4 aromatic rings. The average molecular weight is 387 g/mol. The molecule has 0 saturated heterocycles. The Bertz CT molecular complexity index is 1220. The summed E-state index contributed by atoms with van der Waals surface area (Å²) in [5.41, 5.74) is 3.67. The lowest BCUT2D eigenvalue weighted by atomic mass is 10.1. The zero-order chi connectivity index (χ0) is 20.4. The van der Waals surface area contributed by atoms with Crippen LogP contribution in [0.5, 0.6) is 0 Å². The molecule has 0 atom stereocenters. The van der Waals surface area contributed by atoms with Gasteiger partial charge in [0, 0.05) is 23.1 Å². The van der Waals surface area contributed by atoms with Crippen LogP contribution >= 0.6 is 0 Å². The molecule has 0 aliphatic carbocycles. The number of methoxy groups -OCH3 is 1. The number of hydrogen-bond acceptors (Lipinski definition) is 5. The molecular weight excluding hydrogens is 370 g/mol. The van der Waals surface area contributed by atoms with Gasteiger partial charge in [0.15, 0.2) is 0 Å². The number of benzene rings is 3. The quantitative estimate of drug-likeness (QED) is 0.287. The molecule has 0 aliphatic heterocycles. The second-order valence-electron chi connectivity index (χ2n) is 6.52. The first kappa shape index (κ1) is 18.4. The third-order valence-electron chi connectivity index (χ3n) is 4.67. The highest BCUT2D eigenvalue weighted by Gasteiger charge is 2.17. The first-order chi connectivity index (χ1) is 14.1. The molecule has 0 unspecified atom stereocenters. The zero-order valence-corrected chi connectivity index (χ0v) is 15.6. The molecule has 7 nitrogen and oxygen atoms in total. The van der Waals surface area contributed by atoms with Gasteiger partial charge in [-0.05, 0) is 23.8 Å². The molecule has 29 heavy (non-hydrogen) atoms. The molecule has 1 aromatic heterocycles. The number of carbonyl (C=O) groups excluding carboxylic acids is 1. The summed E-state index contributed by atoms with van der Waals surface area (Å²) >= 11 is 0. The Labute approximate surface area is 166 Å². The summed E-state index contributed by atoms with van der Waals surface area (Å²) < 4.78 is 6.57. The van der Waals surface area contributed by atoms with Gasteiger partial charge in [0.05, 0.1) is 29.7 Å². The van der Waals surface area contributed by atoms with Crippen molar-refractivity contribution in [3.05, 3.63) is 94.0 Å². The van der Waals surface area contributed by atoms with Crippen molar-refractivity contribution in [3.8, 4) is 11.3 Å². The highest BCUT2D eigenvalue weighted by molar-refractivity contribution is 5.95. The first-order valence-corrected chi connectivity index (χ1v) is 8.94. The van der Waals surface area contributed by atoms with Crippen LogP contribution in [0.1, 0.15) is 15.9 Å². The van der Waals surface area contributed by atoms with Crippen molar-refractivity contribution in [2.75, 3.05) is 7.11 Å². The van der Waals surface area contributed by atoms with Crippen LogP contribution < -0.4 is 0 Å². The summed E-state index contributed by atoms with van der Waals surface area (Å²) in [6.07, 6.45) is 0. The predicted octanol–water partition coefficient (Wildman–Crippen LogP) is 4.45. The Kier molecular flexibility index (Phi) is 4.78. The Morgan fingerprint density at radius 1 is 1.07 bits per heavy atom. The molecule has 0 spiro atoms. The van der Waals surface area contributed by atoms with E-state index in [1.54, 1.807) is 35.0 Å². The molecule has 0 saturated carbocycles. The second-order valence-corrected chi connectivity index (χ2v) is 6.52. The lowest BCUT2D eigenvalue weighted by Gasteiger charge is -2.06. The van der Waals surface area contributed by atoms with Crippen molar-refractivity contribution >= 4 is 22.6 Å². The van der Waals surface area contributed by atoms with E-state index in [9.17, 15) is 14.9 Å². The SMILES string of the molecule is COC(=O)c1cccc(Cn2nc(-c3ccccc3)c3cc([N+](=O)[O-])ccc32)c1. The summed E-state index contributed by atoms with van der Waals surface area (Å²) in [5, 5.41) is 16.7. The number of aromatic nitrogens is 2. The smallest absolute Gasteiger partial charge is 0.337 e. The van der Waals surface area contributed by atoms with Crippen molar-refractivity contribution in [1.29, 1.82) is 0 Å². The number of esters is 1. The molecule has 7 heteroatoms. The van der Waals surface area contributed by atoms with Crippen LogP contribution in [0.25, 0.3) is 22.2 Å². The second kappa shape index (κ2) is 7.55. The third-order valence-corrected chi connectivity index (χ3v) is 4.67. The number of nitro benzene ring substituents is 1. The molecule has 4 rings (SSSR count). The fourth-order valence-corrected chi connectivity index (χ4v) is 3.30. The number of rotatable bonds is 5. The van der Waals surface area contributed by atoms with E-state index in [1.165, 1.54) is 13.2 Å². The van der Waals surface area contributed by atoms with E-state index in [0.717, 1.165) is 16.6 Å². The van der Waals surface area contributed by atoms with E-state index in [2.05, 4.69) is 0 Å². The molecular formula is C22H17N3O4. The summed E-state index contributed by atoms with van der Waals surface area (Å²) in [6, 6.07) is 21.4. The van der Waals surface area contributed by atoms with Crippen molar-refractivity contribution in [2.24, 2.45) is 0 Å². The van der Waals surface area contributed by atoms with Gasteiger partial charge in [-0.1, -0.05) is 42.5 Å². The van der Waals surface area contributed by atoms with E-state index in [-0.39, 0.29) is 5.69 Å². The number of non-ortho nitro benzene ring substituents is 1. The van der Waals surface area contributed by atoms with Crippen molar-refractivity contribution < 1.29 is 14.5 Å². The van der Waals surface area contributed by atoms with Crippen LogP contribution in [0.15, 0.2) is 72.8 Å². The molecule has 0 fully saturated rings. The summed E-state index contributed by atoms with van der Waals surface area (Å²) in [7, 11) is 1.34. The van der Waals surface area contributed by atoms with Gasteiger partial charge in [-0.3, -0.25) is 14.8 Å². The van der Waals surface area contributed by atoms with E-state index in [1.807, 2.05) is 36.4 Å². The standard InChI is InChI=1S/C22H17N3O4/c1-29-22(26)17-9-5-6-15(12-17)14-24-20-11-10-18(25(27)28)13-19(20)21(23-24)16-7-3-2-4-8-16/h2-13H,14H2,1H3. The topological polar surface area (TPSA) is 87.3 Å². The number of nitro groups is 1. The highest BCUT2D eigenvalue weighted by Crippen LogP contribution is 2.31. The minimum atomic E-state index is -0.411. The molecule has 0 N–H and O–H groups in total. The zero-order valence-electron chi connectivity index (χ0n) is 15.6. The van der Waals surface area contributed by atoms with Gasteiger partial charge in [0.25, 0.3) is 5.69 Å². The maximum atomic E-state index is 11.8. The highest BCUT2D eigenvalue weighted by atomic mass is 16.6. The van der Waals surface area contributed by atoms with Gasteiger partial charge < -0.3 is 4.74 Å². The first-order valence-electron chi connectivity index (χ1n) is 8.94. The Hall–Kier alpha value is -4.00. The molecule has 3 aromatic carbocycles. The fraction of sp³-hybridized carbons (Fsp3) is 0.0909. The summed E-state index contributed by atoms with van der Waals surface area (Å²) in [5.74, 6) is -0.405. The summed E-state index contributed by atoms with van der Waals surface area (Å²) in [6.45, 7) is 0.409. The minimum Gasteiger partial charge on any atom is -0.465 e. The third kappa shape index (κ3) is 3.58. The fourth-order valence-electron chi connectivity index (χ4n) is 3.30. The lowest BCUT2D eigenvalue weighted by Crippen LogP contribution is -2.05. The van der Waals surface area contributed by atoms with Crippen molar-refractivity contribution in [2.45, 2.75) is 6.54 Å². The maximum absolute atomic E-state index is 11.8. The monoisotopic (exact) mass is 387 g/mol. The molecule has 1 heterocycles. The Morgan fingerprint density at radius 3 is 2.59 bits per heavy atom. The normalized spacial score (nSPS) is 10.8. The Morgan fingerprint density at radius 2 is 1.86 bits per heavy atom. The molecule has 0 radical (unpaired) electrons. The Balaban J connectivity index is 1.83. The number of ether oxygens (including phenoxy) is 1. The van der Waals surface area contributed by atoms with Crippen LogP contribution in [0, 0.1) is 10.1 Å². The molecule has 144 valence electrons. The molecule has 0 aliphatic rings. The minimum absolute atomic E-state index is 0.0157. The van der Waals surface area contributed by atoms with Crippen LogP contribution in [0.2, 0.25) is 0 Å². The van der Waals surface area contributed by atoms with Gasteiger partial charge in [0.2, 0.25) is 0 Å². The maximum Gasteiger partial charge on any atom is 0.337 e. The van der Waals surface area contributed by atoms with Gasteiger partial charge >= 0.3 is 5.97 Å². The summed E-state index contributed by atoms with van der Waals surface area (Å²) in [4.78, 5) is 22.7. The molecule has 0 bridgehead atoms. The van der Waals surface area contributed by atoms with Gasteiger partial charge in [0.1, 0.15) is 5.69 Å². The lowest BCUT2D eigenvalue weighted by molar-refractivity contribution is -0.384. The van der Waals surface area contributed by atoms with E-state index >= 15 is 0 Å². The van der Waals surface area contributed by atoms with Crippen LogP contribution in [-0.4, -0.2) is 27.8 Å². The van der Waals surface area contributed by atoms with E-state index in [0.29, 0.717) is 23.2 Å². The van der Waals surface area contributed by atoms with Gasteiger partial charge in [-0.25, -0.2) is 4.79 Å². The number of hydrogen-bond donors (Lipinski definition) is 0. The predicted molar refractivity (Wildman–Crippen MR) is 109 cm³/mol. The number of fused-ring (bicyclic) bond motifs is 1. The van der Waals surface area contributed by atoms with Crippen LogP contribution in [0.3, 0.4) is 0 Å². The average Bonchev–Trinajstić information content (AvgIpc) is 3.11. The molecule has 0 amide bonds. The van der Waals surface area contributed by atoms with Crippen molar-refractivity contribution in [3.63, 3.8) is 0 Å². The van der Waals surface area contributed by atoms with Crippen LogP contribution in [-0.2, 0) is 11.3 Å². The van der Waals surface area contributed by atoms with Crippen LogP contribution in [0.4, 0.5) is 5.69 Å². The largest absolute Gasteiger partial charge is 0.465 e. The van der Waals surface area contributed by atoms with Gasteiger partial charge in [-0.15, -0.1) is 0 Å². The number of nitrogens with zero attached hydrogens (tertiary/aromatic N) is 3. The van der Waals surface area contributed by atoms with E-state index < -0.39 is 10.9 Å². The van der Waals surface area contributed by atoms with Crippen molar-refractivity contribution in [1.82, 2.24) is 9.78 Å².